The van der Waals surface area contributed by atoms with Gasteiger partial charge in [-0.15, -0.1) is 0 Å². The number of piperidine rings is 1. The number of aromatic hydroxyl groups is 1. The van der Waals surface area contributed by atoms with E-state index in [1.807, 2.05) is 17.8 Å². The van der Waals surface area contributed by atoms with Gasteiger partial charge in [0.1, 0.15) is 0 Å². The summed E-state index contributed by atoms with van der Waals surface area (Å²) in [5.74, 6) is 1.26. The van der Waals surface area contributed by atoms with Crippen LogP contribution in [0.4, 0.5) is 5.69 Å². The summed E-state index contributed by atoms with van der Waals surface area (Å²) in [5, 5.41) is 14.8. The van der Waals surface area contributed by atoms with E-state index in [0.717, 1.165) is 24.3 Å². The number of ether oxygens (including phenoxy) is 1. The molecule has 1 saturated heterocycles. The minimum atomic E-state index is 0.168. The third kappa shape index (κ3) is 1.73. The summed E-state index contributed by atoms with van der Waals surface area (Å²) in [5.41, 5.74) is 4.55. The van der Waals surface area contributed by atoms with Crippen molar-refractivity contribution in [2.24, 2.45) is 7.05 Å². The molecule has 0 atom stereocenters. The van der Waals surface area contributed by atoms with Gasteiger partial charge >= 0.3 is 0 Å². The standard InChI is InChI=1S/C16H19N3O2/c1-18-15(11-3-4-13(21-2)12(20)9-11)16-14(17-18)10-5-7-19(16)8-6-10/h3-4,9-10,20H,5-8H2,1-2H3. The Hall–Kier alpha value is -2.17. The number of benzene rings is 1. The van der Waals surface area contributed by atoms with Crippen LogP contribution >= 0.6 is 0 Å². The first kappa shape index (κ1) is 12.6. The molecule has 4 heterocycles. The van der Waals surface area contributed by atoms with Gasteiger partial charge < -0.3 is 14.7 Å². The molecule has 1 fully saturated rings. The molecule has 1 aromatic carbocycles. The van der Waals surface area contributed by atoms with E-state index in [1.165, 1.54) is 24.2 Å². The Morgan fingerprint density at radius 3 is 2.71 bits per heavy atom. The summed E-state index contributed by atoms with van der Waals surface area (Å²) >= 11 is 0. The summed E-state index contributed by atoms with van der Waals surface area (Å²) in [6.45, 7) is 2.22. The van der Waals surface area contributed by atoms with Crippen LogP contribution in [-0.4, -0.2) is 35.1 Å². The molecule has 0 aliphatic carbocycles. The highest BCUT2D eigenvalue weighted by molar-refractivity contribution is 5.80. The van der Waals surface area contributed by atoms with Gasteiger partial charge in [-0.3, -0.25) is 4.68 Å². The van der Waals surface area contributed by atoms with Crippen molar-refractivity contribution < 1.29 is 9.84 Å². The van der Waals surface area contributed by atoms with Gasteiger partial charge in [-0.1, -0.05) is 0 Å². The molecule has 0 saturated carbocycles. The molecule has 3 aliphatic heterocycles. The highest BCUT2D eigenvalue weighted by Crippen LogP contribution is 2.47. The second-order valence-electron chi connectivity index (χ2n) is 5.85. The number of fused-ring (bicyclic) bond motifs is 2. The van der Waals surface area contributed by atoms with E-state index in [9.17, 15) is 5.11 Å². The summed E-state index contributed by atoms with van der Waals surface area (Å²) in [6, 6.07) is 5.55. The molecule has 21 heavy (non-hydrogen) atoms. The lowest BCUT2D eigenvalue weighted by molar-refractivity contribution is 0.373. The zero-order chi connectivity index (χ0) is 14.6. The first-order valence-electron chi connectivity index (χ1n) is 7.38. The van der Waals surface area contributed by atoms with Gasteiger partial charge in [-0.05, 0) is 31.0 Å². The molecule has 1 N–H and O–H groups in total. The van der Waals surface area contributed by atoms with Gasteiger partial charge in [0.25, 0.3) is 0 Å². The fraction of sp³-hybridized carbons (Fsp3) is 0.438. The van der Waals surface area contributed by atoms with Crippen LogP contribution in [0, 0.1) is 0 Å². The van der Waals surface area contributed by atoms with Crippen LogP contribution in [0.3, 0.4) is 0 Å². The summed E-state index contributed by atoms with van der Waals surface area (Å²) in [7, 11) is 3.54. The van der Waals surface area contributed by atoms with Gasteiger partial charge in [0.2, 0.25) is 0 Å². The Kier molecular flexibility index (Phi) is 2.64. The van der Waals surface area contributed by atoms with Crippen LogP contribution in [0.1, 0.15) is 24.5 Å². The van der Waals surface area contributed by atoms with E-state index >= 15 is 0 Å². The van der Waals surface area contributed by atoms with Crippen molar-refractivity contribution >= 4 is 5.69 Å². The second-order valence-corrected chi connectivity index (χ2v) is 5.85. The van der Waals surface area contributed by atoms with Crippen LogP contribution in [0.2, 0.25) is 0 Å². The third-order valence-corrected chi connectivity index (χ3v) is 4.70. The molecular weight excluding hydrogens is 266 g/mol. The lowest BCUT2D eigenvalue weighted by Crippen LogP contribution is -2.38. The minimum Gasteiger partial charge on any atom is -0.504 e. The lowest BCUT2D eigenvalue weighted by Gasteiger charge is -2.39. The Balaban J connectivity index is 1.88. The van der Waals surface area contributed by atoms with E-state index in [2.05, 4.69) is 4.90 Å². The fourth-order valence-corrected chi connectivity index (χ4v) is 3.66. The SMILES string of the molecule is COc1ccc(-c2c3c(nn2C)C2CCN3CC2)cc1O. The predicted octanol–water partition coefficient (Wildman–Crippen LogP) is 2.50. The number of phenols is 1. The molecular formula is C16H19N3O2. The first-order chi connectivity index (χ1) is 10.2. The first-order valence-corrected chi connectivity index (χ1v) is 7.38. The van der Waals surface area contributed by atoms with Crippen molar-refractivity contribution in [3.05, 3.63) is 23.9 Å². The highest BCUT2D eigenvalue weighted by atomic mass is 16.5. The van der Waals surface area contributed by atoms with E-state index in [1.54, 1.807) is 19.2 Å². The molecule has 3 aliphatic rings. The van der Waals surface area contributed by atoms with Crippen molar-refractivity contribution in [3.63, 3.8) is 0 Å². The fourth-order valence-electron chi connectivity index (χ4n) is 3.66. The predicted molar refractivity (Wildman–Crippen MR) is 81.0 cm³/mol. The Labute approximate surface area is 123 Å². The number of aryl methyl sites for hydroxylation is 1. The Morgan fingerprint density at radius 1 is 1.29 bits per heavy atom. The molecule has 5 nitrogen and oxygen atoms in total. The quantitative estimate of drug-likeness (QED) is 0.921. The molecule has 5 rings (SSSR count). The van der Waals surface area contributed by atoms with Crippen molar-refractivity contribution in [2.45, 2.75) is 18.8 Å². The number of hydrogen-bond acceptors (Lipinski definition) is 4. The van der Waals surface area contributed by atoms with E-state index in [-0.39, 0.29) is 5.75 Å². The zero-order valence-electron chi connectivity index (χ0n) is 12.3. The molecule has 110 valence electrons. The van der Waals surface area contributed by atoms with Crippen LogP contribution in [0.15, 0.2) is 18.2 Å². The smallest absolute Gasteiger partial charge is 0.160 e. The molecule has 0 amide bonds. The topological polar surface area (TPSA) is 50.5 Å². The minimum absolute atomic E-state index is 0.168. The van der Waals surface area contributed by atoms with Gasteiger partial charge in [0.15, 0.2) is 11.5 Å². The van der Waals surface area contributed by atoms with Crippen LogP contribution in [0.25, 0.3) is 11.3 Å². The molecule has 2 bridgehead atoms. The van der Waals surface area contributed by atoms with Crippen LogP contribution < -0.4 is 9.64 Å². The van der Waals surface area contributed by atoms with Crippen molar-refractivity contribution in [3.8, 4) is 22.8 Å². The molecule has 1 aromatic heterocycles. The summed E-state index contributed by atoms with van der Waals surface area (Å²) in [4.78, 5) is 2.43. The van der Waals surface area contributed by atoms with E-state index in [4.69, 9.17) is 9.84 Å². The van der Waals surface area contributed by atoms with E-state index < -0.39 is 0 Å². The average molecular weight is 285 g/mol. The van der Waals surface area contributed by atoms with Gasteiger partial charge in [0, 0.05) is 31.6 Å². The maximum Gasteiger partial charge on any atom is 0.160 e. The Morgan fingerprint density at radius 2 is 2.05 bits per heavy atom. The number of rotatable bonds is 2. The number of nitrogens with zero attached hydrogens (tertiary/aromatic N) is 3. The molecule has 2 aromatic rings. The van der Waals surface area contributed by atoms with Gasteiger partial charge in [0.05, 0.1) is 24.2 Å². The lowest BCUT2D eigenvalue weighted by atomic mass is 9.86. The Bertz CT molecular complexity index is 700. The number of methoxy groups -OCH3 is 1. The maximum absolute atomic E-state index is 10.0. The summed E-state index contributed by atoms with van der Waals surface area (Å²) in [6.07, 6.45) is 2.41. The molecule has 5 heteroatoms. The normalized spacial score (nSPS) is 17.1. The van der Waals surface area contributed by atoms with Crippen molar-refractivity contribution in [1.29, 1.82) is 0 Å². The highest BCUT2D eigenvalue weighted by Gasteiger charge is 2.36. The monoisotopic (exact) mass is 285 g/mol. The molecule has 0 unspecified atom stereocenters. The zero-order valence-corrected chi connectivity index (χ0v) is 12.3. The third-order valence-electron chi connectivity index (χ3n) is 4.70. The maximum atomic E-state index is 10.0. The second kappa shape index (κ2) is 4.41. The number of anilines is 1. The molecule has 0 spiro atoms. The number of hydrogen-bond donors (Lipinski definition) is 1. The van der Waals surface area contributed by atoms with Crippen LogP contribution in [0.5, 0.6) is 11.5 Å². The van der Waals surface area contributed by atoms with Crippen molar-refractivity contribution in [1.82, 2.24) is 9.78 Å². The van der Waals surface area contributed by atoms with Gasteiger partial charge in [-0.2, -0.15) is 5.10 Å². The van der Waals surface area contributed by atoms with Crippen molar-refractivity contribution in [2.75, 3.05) is 25.1 Å². The largest absolute Gasteiger partial charge is 0.504 e. The van der Waals surface area contributed by atoms with Gasteiger partial charge in [-0.25, -0.2) is 0 Å². The van der Waals surface area contributed by atoms with Crippen LogP contribution in [-0.2, 0) is 7.05 Å². The van der Waals surface area contributed by atoms with E-state index in [0.29, 0.717) is 11.7 Å². The average Bonchev–Trinajstić information content (AvgIpc) is 2.87. The molecule has 0 radical (unpaired) electrons. The number of phenolic OH excluding ortho intramolecular Hbond substituents is 1. The summed E-state index contributed by atoms with van der Waals surface area (Å²) < 4.78 is 7.07. The number of aromatic nitrogens is 2.